The van der Waals surface area contributed by atoms with Crippen LogP contribution in [0.5, 0.6) is 0 Å². The molecule has 0 saturated carbocycles. The Hall–Kier alpha value is -2.64. The Labute approximate surface area is 177 Å². The number of methoxy groups -OCH3 is 1. The van der Waals surface area contributed by atoms with Crippen molar-refractivity contribution in [3.8, 4) is 0 Å². The fourth-order valence-electron chi connectivity index (χ4n) is 3.94. The standard InChI is InChI=1S/C22H22BrN3O3/c1-13(26-10-9-14-5-3-4-6-15(14)12-26)21(27)25-19-17-11-16(23)7-8-18(17)24-20(19)22(28)29-2/h3-8,11,13,24H,9-10,12H2,1-2H3,(H,25,27)/p+1/t13-/m1/s1. The largest absolute Gasteiger partial charge is 0.464 e. The molecule has 0 fully saturated rings. The van der Waals surface area contributed by atoms with Gasteiger partial charge in [0.15, 0.2) is 6.04 Å². The maximum absolute atomic E-state index is 13.1. The van der Waals surface area contributed by atoms with Crippen molar-refractivity contribution in [3.05, 3.63) is 63.8 Å². The quantitative estimate of drug-likeness (QED) is 0.528. The topological polar surface area (TPSA) is 75.6 Å². The first kappa shape index (κ1) is 19.7. The Balaban J connectivity index is 1.60. The predicted molar refractivity (Wildman–Crippen MR) is 115 cm³/mol. The maximum atomic E-state index is 13.1. The summed E-state index contributed by atoms with van der Waals surface area (Å²) in [7, 11) is 1.33. The Bertz CT molecular complexity index is 1090. The van der Waals surface area contributed by atoms with Gasteiger partial charge in [-0.05, 0) is 30.7 Å². The number of aromatic amines is 1. The first-order valence-corrected chi connectivity index (χ1v) is 10.4. The molecule has 0 radical (unpaired) electrons. The Kier molecular flexibility index (Phi) is 5.43. The fraction of sp³-hybridized carbons (Fsp3) is 0.273. The molecule has 2 heterocycles. The summed E-state index contributed by atoms with van der Waals surface area (Å²) in [5.41, 5.74) is 4.12. The summed E-state index contributed by atoms with van der Waals surface area (Å²) < 4.78 is 5.76. The number of carbonyl (C=O) groups excluding carboxylic acids is 2. The number of anilines is 1. The summed E-state index contributed by atoms with van der Waals surface area (Å²) in [5, 5.41) is 3.75. The molecule has 0 spiro atoms. The minimum atomic E-state index is -0.514. The molecule has 2 atom stereocenters. The third-order valence-corrected chi connectivity index (χ3v) is 6.15. The zero-order valence-electron chi connectivity index (χ0n) is 16.3. The number of benzene rings is 2. The van der Waals surface area contributed by atoms with Crippen LogP contribution in [0.25, 0.3) is 10.9 Å². The predicted octanol–water partition coefficient (Wildman–Crippen LogP) is 2.69. The Morgan fingerprint density at radius 2 is 1.97 bits per heavy atom. The van der Waals surface area contributed by atoms with Crippen molar-refractivity contribution in [2.45, 2.75) is 25.9 Å². The summed E-state index contributed by atoms with van der Waals surface area (Å²) in [4.78, 5) is 29.6. The Morgan fingerprint density at radius 3 is 2.72 bits per heavy atom. The van der Waals surface area contributed by atoms with Crippen molar-refractivity contribution >= 4 is 44.4 Å². The van der Waals surface area contributed by atoms with Crippen LogP contribution in [0.3, 0.4) is 0 Å². The number of H-pyrrole nitrogens is 1. The van der Waals surface area contributed by atoms with Crippen molar-refractivity contribution in [1.29, 1.82) is 0 Å². The third-order valence-electron chi connectivity index (χ3n) is 5.66. The molecule has 6 nitrogen and oxygen atoms in total. The van der Waals surface area contributed by atoms with Crippen LogP contribution < -0.4 is 10.2 Å². The van der Waals surface area contributed by atoms with E-state index in [-0.39, 0.29) is 17.6 Å². The number of rotatable bonds is 4. The van der Waals surface area contributed by atoms with Gasteiger partial charge in [0.2, 0.25) is 0 Å². The van der Waals surface area contributed by atoms with Crippen LogP contribution in [0.2, 0.25) is 0 Å². The number of halogens is 1. The molecule has 0 saturated heterocycles. The molecule has 1 amide bonds. The van der Waals surface area contributed by atoms with E-state index in [1.54, 1.807) is 0 Å². The molecule has 0 bridgehead atoms. The van der Waals surface area contributed by atoms with E-state index in [0.29, 0.717) is 5.69 Å². The molecular weight excluding hydrogens is 434 g/mol. The summed E-state index contributed by atoms with van der Waals surface area (Å²) >= 11 is 3.46. The van der Waals surface area contributed by atoms with Gasteiger partial charge in [-0.15, -0.1) is 0 Å². The zero-order valence-corrected chi connectivity index (χ0v) is 17.9. The number of hydrogen-bond acceptors (Lipinski definition) is 3. The van der Waals surface area contributed by atoms with Gasteiger partial charge in [-0.25, -0.2) is 4.79 Å². The lowest BCUT2D eigenvalue weighted by molar-refractivity contribution is -0.929. The summed E-state index contributed by atoms with van der Waals surface area (Å²) in [6, 6.07) is 13.7. The van der Waals surface area contributed by atoms with Gasteiger partial charge in [0.25, 0.3) is 5.91 Å². The highest BCUT2D eigenvalue weighted by atomic mass is 79.9. The van der Waals surface area contributed by atoms with Crippen LogP contribution >= 0.6 is 15.9 Å². The number of ether oxygens (including phenoxy) is 1. The number of hydrogen-bond donors (Lipinski definition) is 3. The highest BCUT2D eigenvalue weighted by molar-refractivity contribution is 9.10. The highest BCUT2D eigenvalue weighted by Gasteiger charge is 2.30. The molecular formula is C22H23BrN3O3+. The molecule has 0 aliphatic carbocycles. The van der Waals surface area contributed by atoms with E-state index >= 15 is 0 Å². The molecule has 29 heavy (non-hydrogen) atoms. The van der Waals surface area contributed by atoms with E-state index in [0.717, 1.165) is 34.9 Å². The van der Waals surface area contributed by atoms with Crippen molar-refractivity contribution in [2.24, 2.45) is 0 Å². The molecule has 1 aliphatic rings. The van der Waals surface area contributed by atoms with Gasteiger partial charge in [-0.1, -0.05) is 40.2 Å². The fourth-order valence-corrected chi connectivity index (χ4v) is 4.30. The molecule has 1 aliphatic heterocycles. The van der Waals surface area contributed by atoms with Gasteiger partial charge < -0.3 is 19.9 Å². The van der Waals surface area contributed by atoms with E-state index in [1.807, 2.05) is 31.2 Å². The average Bonchev–Trinajstić information content (AvgIpc) is 3.09. The molecule has 2 aromatic carbocycles. The normalized spacial score (nSPS) is 16.9. The van der Waals surface area contributed by atoms with Gasteiger partial charge in [-0.2, -0.15) is 0 Å². The van der Waals surface area contributed by atoms with Crippen LogP contribution in [0, 0.1) is 0 Å². The van der Waals surface area contributed by atoms with Crippen LogP contribution in [-0.2, 0) is 22.5 Å². The second-order valence-electron chi connectivity index (χ2n) is 7.37. The highest BCUT2D eigenvalue weighted by Crippen LogP contribution is 2.31. The number of nitrogens with one attached hydrogen (secondary N) is 3. The summed E-state index contributed by atoms with van der Waals surface area (Å²) in [6.07, 6.45) is 0.955. The summed E-state index contributed by atoms with van der Waals surface area (Å²) in [5.74, 6) is -0.634. The molecule has 4 rings (SSSR count). The maximum Gasteiger partial charge on any atom is 0.356 e. The second kappa shape index (κ2) is 8.00. The average molecular weight is 457 g/mol. The van der Waals surface area contributed by atoms with Gasteiger partial charge in [0.1, 0.15) is 12.2 Å². The first-order valence-electron chi connectivity index (χ1n) is 9.59. The van der Waals surface area contributed by atoms with Crippen LogP contribution in [0.4, 0.5) is 5.69 Å². The second-order valence-corrected chi connectivity index (χ2v) is 8.29. The van der Waals surface area contributed by atoms with Gasteiger partial charge in [-0.3, -0.25) is 4.79 Å². The zero-order chi connectivity index (χ0) is 20.5. The number of esters is 1. The number of fused-ring (bicyclic) bond motifs is 2. The van der Waals surface area contributed by atoms with Crippen LogP contribution in [0.1, 0.15) is 28.5 Å². The molecule has 1 aromatic heterocycles. The van der Waals surface area contributed by atoms with Gasteiger partial charge >= 0.3 is 5.97 Å². The van der Waals surface area contributed by atoms with Crippen LogP contribution in [0.15, 0.2) is 46.9 Å². The minimum absolute atomic E-state index is 0.120. The smallest absolute Gasteiger partial charge is 0.356 e. The molecule has 150 valence electrons. The summed E-state index contributed by atoms with van der Waals surface area (Å²) in [6.45, 7) is 3.64. The lowest BCUT2D eigenvalue weighted by Crippen LogP contribution is -3.16. The number of quaternary nitrogens is 1. The monoisotopic (exact) mass is 456 g/mol. The van der Waals surface area contributed by atoms with E-state index < -0.39 is 5.97 Å². The Morgan fingerprint density at radius 1 is 1.21 bits per heavy atom. The molecule has 3 aromatic rings. The van der Waals surface area contributed by atoms with Crippen molar-refractivity contribution in [1.82, 2.24) is 4.98 Å². The van der Waals surface area contributed by atoms with E-state index in [2.05, 4.69) is 44.4 Å². The molecule has 7 heteroatoms. The van der Waals surface area contributed by atoms with Gasteiger partial charge in [0.05, 0.1) is 19.3 Å². The van der Waals surface area contributed by atoms with E-state index in [4.69, 9.17) is 4.74 Å². The lowest BCUT2D eigenvalue weighted by Gasteiger charge is -2.30. The first-order chi connectivity index (χ1) is 14.0. The van der Waals surface area contributed by atoms with Gasteiger partial charge in [0, 0.05) is 27.4 Å². The van der Waals surface area contributed by atoms with Crippen LogP contribution in [-0.4, -0.2) is 36.6 Å². The number of carbonyl (C=O) groups is 2. The van der Waals surface area contributed by atoms with Crippen molar-refractivity contribution in [3.63, 3.8) is 0 Å². The molecule has 3 N–H and O–H groups in total. The third kappa shape index (κ3) is 3.80. The van der Waals surface area contributed by atoms with Crippen molar-refractivity contribution in [2.75, 3.05) is 19.0 Å². The SMILES string of the molecule is COC(=O)c1[nH]c2ccc(Br)cc2c1NC(=O)[C@@H](C)[NH+]1CCc2ccccc2C1. The lowest BCUT2D eigenvalue weighted by atomic mass is 9.98. The minimum Gasteiger partial charge on any atom is -0.464 e. The molecule has 1 unspecified atom stereocenters. The van der Waals surface area contributed by atoms with E-state index in [1.165, 1.54) is 23.1 Å². The number of amides is 1. The van der Waals surface area contributed by atoms with E-state index in [9.17, 15) is 9.59 Å². The van der Waals surface area contributed by atoms with Crippen molar-refractivity contribution < 1.29 is 19.2 Å². The number of aromatic nitrogens is 1.